The molecule has 0 heterocycles. The topological polar surface area (TPSA) is 164 Å². The van der Waals surface area contributed by atoms with Crippen molar-refractivity contribution in [1.29, 1.82) is 0 Å². The van der Waals surface area contributed by atoms with Gasteiger partial charge in [0.05, 0.1) is 32.2 Å². The molecule has 0 rings (SSSR count). The number of esters is 3. The third-order valence-electron chi connectivity index (χ3n) is 6.83. The summed E-state index contributed by atoms with van der Waals surface area (Å²) in [7, 11) is -6.26. The Morgan fingerprint density at radius 2 is 0.818 bits per heavy atom. The van der Waals surface area contributed by atoms with Crippen LogP contribution in [0.1, 0.15) is 46.5 Å². The van der Waals surface area contributed by atoms with Crippen molar-refractivity contribution in [3.8, 4) is 0 Å². The summed E-state index contributed by atoms with van der Waals surface area (Å²) in [5, 5.41) is -3.41. The van der Waals surface area contributed by atoms with Crippen LogP contribution in [-0.4, -0.2) is 130 Å². The van der Waals surface area contributed by atoms with Crippen LogP contribution in [-0.2, 0) is 52.9 Å². The van der Waals surface area contributed by atoms with Gasteiger partial charge in [0.25, 0.3) is 0 Å². The van der Waals surface area contributed by atoms with Gasteiger partial charge in [0.1, 0.15) is 48.3 Å². The van der Waals surface area contributed by atoms with E-state index in [-0.39, 0.29) is 0 Å². The molecule has 0 spiro atoms. The predicted molar refractivity (Wildman–Crippen MR) is 148 cm³/mol. The van der Waals surface area contributed by atoms with Crippen LogP contribution in [0, 0.1) is 5.92 Å². The normalized spacial score (nSPS) is 16.5. The van der Waals surface area contributed by atoms with Crippen LogP contribution in [0.3, 0.4) is 0 Å². The van der Waals surface area contributed by atoms with E-state index >= 15 is 0 Å². The second-order valence-corrected chi connectivity index (χ2v) is 12.8. The highest BCUT2D eigenvalue weighted by Gasteiger charge is 2.59. The number of alkyl halides is 15. The van der Waals surface area contributed by atoms with Crippen LogP contribution >= 0.6 is 0 Å². The van der Waals surface area contributed by atoms with E-state index in [9.17, 15) is 93.2 Å². The largest absolute Gasteiger partial charge is 0.747 e. The third kappa shape index (κ3) is 17.0. The molecule has 0 bridgehead atoms. The van der Waals surface area contributed by atoms with Gasteiger partial charge in [-0.2, -0.15) is 65.9 Å². The highest BCUT2D eigenvalue weighted by molar-refractivity contribution is 7.87. The molecule has 0 aliphatic rings. The van der Waals surface area contributed by atoms with Crippen LogP contribution in [0.15, 0.2) is 0 Å². The van der Waals surface area contributed by atoms with Crippen LogP contribution in [0.2, 0.25) is 0 Å². The van der Waals surface area contributed by atoms with Crippen molar-refractivity contribution in [3.05, 3.63) is 0 Å². The average molecular weight is 868 g/mol. The molecule has 12 nitrogen and oxygen atoms in total. The molecule has 0 aromatic heterocycles. The van der Waals surface area contributed by atoms with Gasteiger partial charge >= 0.3 is 54.2 Å². The Hall–Kier alpha value is -2.85. The number of hydrogen-bond acceptors (Lipinski definition) is 12. The molecule has 0 aliphatic heterocycles. The van der Waals surface area contributed by atoms with E-state index in [1.54, 1.807) is 0 Å². The van der Waals surface area contributed by atoms with Crippen LogP contribution < -0.4 is 0 Å². The molecule has 326 valence electrons. The smallest absolute Gasteiger partial charge is 0.455 e. The minimum atomic E-state index is -6.26. The number of ether oxygens (including phenoxy) is 6. The zero-order valence-electron chi connectivity index (χ0n) is 28.4. The Morgan fingerprint density at radius 1 is 0.527 bits per heavy atom. The third-order valence-corrected chi connectivity index (χ3v) is 7.98. The van der Waals surface area contributed by atoms with Crippen LogP contribution in [0.5, 0.6) is 0 Å². The molecule has 0 radical (unpaired) electrons. The molecule has 0 saturated heterocycles. The monoisotopic (exact) mass is 867 g/mol. The molecule has 0 aromatic carbocycles. The van der Waals surface area contributed by atoms with Gasteiger partial charge in [0, 0.05) is 0 Å². The summed E-state index contributed by atoms with van der Waals surface area (Å²) < 4.78 is 255. The first-order valence-electron chi connectivity index (χ1n) is 15.3. The number of carbonyl (C=O) groups excluding carboxylic acids is 3. The second-order valence-electron chi connectivity index (χ2n) is 11.3. The van der Waals surface area contributed by atoms with Crippen molar-refractivity contribution in [3.63, 3.8) is 0 Å². The van der Waals surface area contributed by atoms with Crippen molar-refractivity contribution >= 4 is 28.0 Å². The fourth-order valence-corrected chi connectivity index (χ4v) is 4.50. The zero-order chi connectivity index (χ0) is 43.4. The molecule has 0 amide bonds. The summed E-state index contributed by atoms with van der Waals surface area (Å²) in [6.45, 7) is -7.48. The molecule has 55 heavy (non-hydrogen) atoms. The van der Waals surface area contributed by atoms with Gasteiger partial charge in [0.15, 0.2) is 5.25 Å². The van der Waals surface area contributed by atoms with E-state index < -0.39 is 159 Å². The molecule has 0 aromatic rings. The Balaban J connectivity index is 6.41. The maximum absolute atomic E-state index is 13.2. The van der Waals surface area contributed by atoms with E-state index in [0.717, 1.165) is 20.8 Å². The molecular weight excluding hydrogens is 833 g/mol. The molecule has 0 saturated carbocycles. The van der Waals surface area contributed by atoms with Gasteiger partial charge in [-0.15, -0.1) is 0 Å². The first-order chi connectivity index (χ1) is 24.7. The predicted octanol–water partition coefficient (Wildman–Crippen LogP) is 5.51. The molecule has 28 heteroatoms. The summed E-state index contributed by atoms with van der Waals surface area (Å²) in [5.74, 6) is -25.4. The molecule has 0 N–H and O–H groups in total. The summed E-state index contributed by atoms with van der Waals surface area (Å²) in [4.78, 5) is 38.9. The molecule has 5 unspecified atom stereocenters. The van der Waals surface area contributed by atoms with Crippen LogP contribution in [0.4, 0.5) is 65.9 Å². The Morgan fingerprint density at radius 3 is 1.09 bits per heavy atom. The Labute approximate surface area is 302 Å². The first kappa shape index (κ1) is 52.2. The molecule has 0 fully saturated rings. The number of carbonyl (C=O) groups is 3. The maximum Gasteiger partial charge on any atom is 0.455 e. The maximum atomic E-state index is 13.2. The highest BCUT2D eigenvalue weighted by Crippen LogP contribution is 2.37. The molecular formula is C27H34F15O12S-. The lowest BCUT2D eigenvalue weighted by atomic mass is 10.0. The van der Waals surface area contributed by atoms with Crippen LogP contribution in [0.25, 0.3) is 0 Å². The number of rotatable bonds is 24. The highest BCUT2D eigenvalue weighted by atomic mass is 32.2. The van der Waals surface area contributed by atoms with Gasteiger partial charge in [-0.25, -0.2) is 8.42 Å². The summed E-state index contributed by atoms with van der Waals surface area (Å²) >= 11 is 0. The number of hydrogen-bond donors (Lipinski definition) is 0. The van der Waals surface area contributed by atoms with Crippen molar-refractivity contribution < 1.29 is 122 Å². The van der Waals surface area contributed by atoms with Gasteiger partial charge in [-0.3, -0.25) is 14.4 Å². The van der Waals surface area contributed by atoms with Crippen molar-refractivity contribution in [2.75, 3.05) is 39.6 Å². The van der Waals surface area contributed by atoms with Crippen molar-refractivity contribution in [1.82, 2.24) is 0 Å². The lowest BCUT2D eigenvalue weighted by Gasteiger charge is -2.29. The fourth-order valence-electron chi connectivity index (χ4n) is 3.60. The van der Waals surface area contributed by atoms with E-state index in [2.05, 4.69) is 18.9 Å². The average Bonchev–Trinajstić information content (AvgIpc) is 3.00. The molecule has 0 aliphatic carbocycles. The Kier molecular flexibility index (Phi) is 19.5. The lowest BCUT2D eigenvalue weighted by molar-refractivity contribution is -0.298. The van der Waals surface area contributed by atoms with E-state index in [1.165, 1.54) is 0 Å². The zero-order valence-corrected chi connectivity index (χ0v) is 29.3. The van der Waals surface area contributed by atoms with E-state index in [4.69, 9.17) is 9.47 Å². The van der Waals surface area contributed by atoms with Gasteiger partial charge in [0.2, 0.25) is 0 Å². The molecule has 5 atom stereocenters. The summed E-state index contributed by atoms with van der Waals surface area (Å²) in [6.07, 6.45) is -27.1. The SMILES string of the molecule is CCC(COCC(F)(F)C(F)(F)F)OC(=O)CC(C(=O)OC(CC)COCC(F)(F)C(F)(F)F)C(C(=O)OC(CC)COCC(F)(F)C(F)(F)F)S(=O)(=O)[O-]. The van der Waals surface area contributed by atoms with Gasteiger partial charge < -0.3 is 33.0 Å². The summed E-state index contributed by atoms with van der Waals surface area (Å²) in [5.41, 5.74) is 0. The second kappa shape index (κ2) is 20.5. The quantitative estimate of drug-likeness (QED) is 0.0518. The van der Waals surface area contributed by atoms with Gasteiger partial charge in [-0.05, 0) is 19.3 Å². The minimum Gasteiger partial charge on any atom is -0.747 e. The summed E-state index contributed by atoms with van der Waals surface area (Å²) in [6, 6.07) is 0. The van der Waals surface area contributed by atoms with Crippen molar-refractivity contribution in [2.45, 2.75) is 106 Å². The number of halogens is 15. The standard InChI is InChI=1S/C27H35F15O12S/c1-4-14(8-49-11-22(28,29)25(34,35)36)52-18(43)7-17(20(44)53-15(5-2)9-50-12-23(30,31)26(37,38)39)19(55(46,47)48)21(45)54-16(6-3)10-51-13-24(32,33)27(40,41)42/h14-17,19H,4-13H2,1-3H3,(H,46,47,48)/p-1. The van der Waals surface area contributed by atoms with E-state index in [1.807, 2.05) is 0 Å². The minimum absolute atomic E-state index is 0.437. The van der Waals surface area contributed by atoms with E-state index in [0.29, 0.717) is 0 Å². The van der Waals surface area contributed by atoms with Gasteiger partial charge in [-0.1, -0.05) is 20.8 Å². The van der Waals surface area contributed by atoms with Crippen molar-refractivity contribution in [2.24, 2.45) is 5.92 Å². The lowest BCUT2D eigenvalue weighted by Crippen LogP contribution is -2.47. The first-order valence-corrected chi connectivity index (χ1v) is 16.8. The fraction of sp³-hybridized carbons (Fsp3) is 0.889. The Bertz CT molecular complexity index is 1340.